The second kappa shape index (κ2) is 4.88. The molecule has 0 aliphatic carbocycles. The van der Waals surface area contributed by atoms with E-state index in [2.05, 4.69) is 34.1 Å². The lowest BCUT2D eigenvalue weighted by Crippen LogP contribution is -2.53. The number of nitrogens with one attached hydrogen (secondary N) is 1. The number of hydrogen-bond acceptors (Lipinski definition) is 6. The van der Waals surface area contributed by atoms with E-state index < -0.39 is 0 Å². The van der Waals surface area contributed by atoms with Gasteiger partial charge in [0.1, 0.15) is 5.82 Å². The number of nitrogen functional groups attached to an aromatic ring is 1. The van der Waals surface area contributed by atoms with Gasteiger partial charge in [0.2, 0.25) is 5.95 Å². The first kappa shape index (κ1) is 13.1. The predicted molar refractivity (Wildman–Crippen MR) is 79.6 cm³/mol. The summed E-state index contributed by atoms with van der Waals surface area (Å²) in [6.45, 7) is 6.49. The Balaban J connectivity index is 2.18. The highest BCUT2D eigenvalue weighted by molar-refractivity contribution is 5.90. The Morgan fingerprint density at radius 2 is 2.10 bits per heavy atom. The van der Waals surface area contributed by atoms with Crippen molar-refractivity contribution in [2.45, 2.75) is 19.4 Å². The average Bonchev–Trinajstić information content (AvgIpc) is 2.46. The van der Waals surface area contributed by atoms with Gasteiger partial charge in [0.25, 0.3) is 0 Å². The molecule has 1 saturated heterocycles. The molecule has 20 heavy (non-hydrogen) atoms. The van der Waals surface area contributed by atoms with Gasteiger partial charge in [0.15, 0.2) is 0 Å². The molecule has 3 N–H and O–H groups in total. The van der Waals surface area contributed by atoms with Crippen LogP contribution in [0.5, 0.6) is 0 Å². The molecular formula is C14H19N5O. The van der Waals surface area contributed by atoms with Crippen LogP contribution in [0.2, 0.25) is 0 Å². The van der Waals surface area contributed by atoms with Crippen LogP contribution in [0.25, 0.3) is 10.9 Å². The quantitative estimate of drug-likeness (QED) is 0.638. The number of para-hydroxylation sites is 1. The number of morpholine rings is 1. The first-order valence-corrected chi connectivity index (χ1v) is 6.70. The molecule has 0 bridgehead atoms. The zero-order valence-corrected chi connectivity index (χ0v) is 11.8. The van der Waals surface area contributed by atoms with E-state index in [1.807, 2.05) is 24.3 Å². The fourth-order valence-electron chi connectivity index (χ4n) is 2.58. The van der Waals surface area contributed by atoms with E-state index in [1.165, 1.54) is 0 Å². The van der Waals surface area contributed by atoms with Gasteiger partial charge in [-0.1, -0.05) is 12.1 Å². The summed E-state index contributed by atoms with van der Waals surface area (Å²) >= 11 is 0. The third-order valence-corrected chi connectivity index (χ3v) is 3.61. The number of hydrazine groups is 1. The molecule has 1 aromatic heterocycles. The molecule has 0 atom stereocenters. The molecule has 1 fully saturated rings. The van der Waals surface area contributed by atoms with Crippen molar-refractivity contribution in [1.82, 2.24) is 9.97 Å². The number of fused-ring (bicyclic) bond motifs is 1. The number of nitrogens with zero attached hydrogens (tertiary/aromatic N) is 3. The molecule has 6 heteroatoms. The topological polar surface area (TPSA) is 76.3 Å². The second-order valence-electron chi connectivity index (χ2n) is 5.55. The minimum absolute atomic E-state index is 0.110. The third-order valence-electron chi connectivity index (χ3n) is 3.61. The smallest absolute Gasteiger partial charge is 0.239 e. The molecule has 0 spiro atoms. The van der Waals surface area contributed by atoms with Crippen molar-refractivity contribution in [1.29, 1.82) is 0 Å². The van der Waals surface area contributed by atoms with Gasteiger partial charge in [-0.25, -0.2) is 10.8 Å². The van der Waals surface area contributed by atoms with Gasteiger partial charge in [-0.15, -0.1) is 0 Å². The summed E-state index contributed by atoms with van der Waals surface area (Å²) in [5.41, 5.74) is 3.32. The number of aromatic nitrogens is 2. The van der Waals surface area contributed by atoms with Crippen molar-refractivity contribution < 1.29 is 4.74 Å². The average molecular weight is 273 g/mol. The summed E-state index contributed by atoms with van der Waals surface area (Å²) in [7, 11) is 0. The van der Waals surface area contributed by atoms with Gasteiger partial charge < -0.3 is 9.64 Å². The largest absolute Gasteiger partial charge is 0.377 e. The molecule has 0 radical (unpaired) electrons. The zero-order valence-electron chi connectivity index (χ0n) is 11.8. The number of hydrogen-bond donors (Lipinski definition) is 2. The number of anilines is 2. The van der Waals surface area contributed by atoms with Gasteiger partial charge in [-0.3, -0.25) is 5.43 Å². The van der Waals surface area contributed by atoms with Crippen molar-refractivity contribution in [3.05, 3.63) is 24.3 Å². The highest BCUT2D eigenvalue weighted by Crippen LogP contribution is 2.31. The minimum atomic E-state index is -0.110. The lowest BCUT2D eigenvalue weighted by atomic mass is 10.0. The summed E-state index contributed by atoms with van der Waals surface area (Å²) in [6.07, 6.45) is 0. The van der Waals surface area contributed by atoms with Crippen molar-refractivity contribution in [3.8, 4) is 0 Å². The number of ether oxygens (including phenoxy) is 1. The molecule has 0 amide bonds. The predicted octanol–water partition coefficient (Wildman–Crippen LogP) is 1.53. The lowest BCUT2D eigenvalue weighted by Gasteiger charge is -2.43. The van der Waals surface area contributed by atoms with E-state index in [-0.39, 0.29) is 5.54 Å². The molecule has 0 unspecified atom stereocenters. The zero-order chi connectivity index (χ0) is 14.2. The Morgan fingerprint density at radius 3 is 2.85 bits per heavy atom. The fourth-order valence-corrected chi connectivity index (χ4v) is 2.58. The summed E-state index contributed by atoms with van der Waals surface area (Å²) < 4.78 is 5.58. The van der Waals surface area contributed by atoms with Crippen LogP contribution in [0.3, 0.4) is 0 Å². The number of rotatable bonds is 2. The molecule has 3 rings (SSSR count). The third kappa shape index (κ3) is 2.17. The Hall–Kier alpha value is -1.92. The first-order valence-electron chi connectivity index (χ1n) is 6.70. The normalized spacial score (nSPS) is 18.2. The van der Waals surface area contributed by atoms with Gasteiger partial charge in [-0.2, -0.15) is 4.98 Å². The lowest BCUT2D eigenvalue weighted by molar-refractivity contribution is 0.0641. The molecule has 6 nitrogen and oxygen atoms in total. The van der Waals surface area contributed by atoms with E-state index >= 15 is 0 Å². The number of benzene rings is 1. The van der Waals surface area contributed by atoms with Gasteiger partial charge in [0.05, 0.1) is 24.3 Å². The molecule has 2 aromatic rings. The van der Waals surface area contributed by atoms with Crippen molar-refractivity contribution in [2.75, 3.05) is 30.1 Å². The van der Waals surface area contributed by atoms with Crippen molar-refractivity contribution >= 4 is 22.7 Å². The summed E-state index contributed by atoms with van der Waals surface area (Å²) in [6, 6.07) is 7.97. The monoisotopic (exact) mass is 273 g/mol. The molecule has 1 aromatic carbocycles. The maximum absolute atomic E-state index is 5.58. The van der Waals surface area contributed by atoms with Crippen LogP contribution in [0.1, 0.15) is 13.8 Å². The van der Waals surface area contributed by atoms with E-state index in [4.69, 9.17) is 10.6 Å². The van der Waals surface area contributed by atoms with Crippen LogP contribution in [-0.4, -0.2) is 35.3 Å². The Kier molecular flexibility index (Phi) is 3.19. The van der Waals surface area contributed by atoms with Crippen LogP contribution in [0.4, 0.5) is 11.8 Å². The standard InChI is InChI=1S/C14H19N5O/c1-14(2)9-20-8-7-19(14)12-10-5-3-4-6-11(10)16-13(17-12)18-15/h3-6H,7-9,15H2,1-2H3,(H,16,17,18). The van der Waals surface area contributed by atoms with Crippen LogP contribution < -0.4 is 16.2 Å². The van der Waals surface area contributed by atoms with E-state index in [0.29, 0.717) is 19.2 Å². The maximum Gasteiger partial charge on any atom is 0.239 e. The Labute approximate surface area is 117 Å². The highest BCUT2D eigenvalue weighted by atomic mass is 16.5. The van der Waals surface area contributed by atoms with Crippen LogP contribution >= 0.6 is 0 Å². The molecule has 2 heterocycles. The SMILES string of the molecule is CC1(C)COCCN1c1nc(NN)nc2ccccc12. The Morgan fingerprint density at radius 1 is 1.30 bits per heavy atom. The molecule has 1 aliphatic rings. The summed E-state index contributed by atoms with van der Waals surface area (Å²) in [5, 5.41) is 1.03. The van der Waals surface area contributed by atoms with Crippen LogP contribution in [0, 0.1) is 0 Å². The minimum Gasteiger partial charge on any atom is -0.377 e. The van der Waals surface area contributed by atoms with E-state index in [9.17, 15) is 0 Å². The van der Waals surface area contributed by atoms with Crippen LogP contribution in [-0.2, 0) is 4.74 Å². The van der Waals surface area contributed by atoms with Crippen molar-refractivity contribution in [2.24, 2.45) is 5.84 Å². The fraction of sp³-hybridized carbons (Fsp3) is 0.429. The van der Waals surface area contributed by atoms with Crippen LogP contribution in [0.15, 0.2) is 24.3 Å². The second-order valence-corrected chi connectivity index (χ2v) is 5.55. The van der Waals surface area contributed by atoms with Crippen molar-refractivity contribution in [3.63, 3.8) is 0 Å². The highest BCUT2D eigenvalue weighted by Gasteiger charge is 2.32. The van der Waals surface area contributed by atoms with E-state index in [0.717, 1.165) is 23.3 Å². The molecule has 0 saturated carbocycles. The summed E-state index contributed by atoms with van der Waals surface area (Å²) in [4.78, 5) is 11.2. The molecule has 106 valence electrons. The number of nitrogens with two attached hydrogens (primary N) is 1. The molecular weight excluding hydrogens is 254 g/mol. The van der Waals surface area contributed by atoms with E-state index in [1.54, 1.807) is 0 Å². The van der Waals surface area contributed by atoms with Gasteiger partial charge in [-0.05, 0) is 26.0 Å². The maximum atomic E-state index is 5.58. The molecule has 1 aliphatic heterocycles. The summed E-state index contributed by atoms with van der Waals surface area (Å²) in [5.74, 6) is 6.82. The van der Waals surface area contributed by atoms with Gasteiger partial charge >= 0.3 is 0 Å². The van der Waals surface area contributed by atoms with Gasteiger partial charge in [0, 0.05) is 11.9 Å². The Bertz CT molecular complexity index is 628. The first-order chi connectivity index (χ1) is 9.62.